The van der Waals surface area contributed by atoms with E-state index in [0.717, 1.165) is 12.8 Å². The summed E-state index contributed by atoms with van der Waals surface area (Å²) in [7, 11) is 1.62. The number of benzene rings is 1. The molecule has 30 heavy (non-hydrogen) atoms. The molecule has 1 aromatic carbocycles. The molecular formula is C21H25N5O4. The molecule has 0 radical (unpaired) electrons. The summed E-state index contributed by atoms with van der Waals surface area (Å²) in [6, 6.07) is 5.02. The van der Waals surface area contributed by atoms with Crippen LogP contribution in [0, 0.1) is 5.92 Å². The average Bonchev–Trinajstić information content (AvgIpc) is 3.36. The van der Waals surface area contributed by atoms with E-state index in [1.165, 1.54) is 4.57 Å². The number of rotatable bonds is 6. The second-order valence-electron chi connectivity index (χ2n) is 7.72. The molecule has 1 fully saturated rings. The van der Waals surface area contributed by atoms with Gasteiger partial charge in [-0.1, -0.05) is 0 Å². The predicted molar refractivity (Wildman–Crippen MR) is 110 cm³/mol. The Morgan fingerprint density at radius 3 is 3.00 bits per heavy atom. The monoisotopic (exact) mass is 411 g/mol. The largest absolute Gasteiger partial charge is 0.419 e. The molecule has 3 heterocycles. The minimum Gasteiger partial charge on any atom is -0.408 e. The molecule has 3 aromatic rings. The Bertz CT molecular complexity index is 1100. The first-order valence-corrected chi connectivity index (χ1v) is 10.1. The molecule has 2 aromatic heterocycles. The summed E-state index contributed by atoms with van der Waals surface area (Å²) < 4.78 is 8.43. The maximum Gasteiger partial charge on any atom is 0.419 e. The third-order valence-electron chi connectivity index (χ3n) is 5.57. The summed E-state index contributed by atoms with van der Waals surface area (Å²) in [5.41, 5.74) is 1.57. The van der Waals surface area contributed by atoms with Gasteiger partial charge in [-0.2, -0.15) is 0 Å². The number of oxazole rings is 1. The maximum atomic E-state index is 13.0. The molecule has 1 atom stereocenters. The highest BCUT2D eigenvalue weighted by molar-refractivity contribution is 5.97. The molecule has 1 unspecified atom stereocenters. The van der Waals surface area contributed by atoms with Gasteiger partial charge in [-0.25, -0.2) is 9.78 Å². The van der Waals surface area contributed by atoms with Crippen LogP contribution in [0.1, 0.15) is 29.6 Å². The van der Waals surface area contributed by atoms with E-state index in [4.69, 9.17) is 4.42 Å². The molecule has 0 aliphatic carbocycles. The van der Waals surface area contributed by atoms with Gasteiger partial charge in [0.1, 0.15) is 0 Å². The van der Waals surface area contributed by atoms with Crippen LogP contribution in [0.5, 0.6) is 0 Å². The van der Waals surface area contributed by atoms with Crippen LogP contribution in [0.2, 0.25) is 0 Å². The number of likely N-dealkylation sites (tertiary alicyclic amines) is 1. The standard InChI is InChI=1S/C21H25N5O4/c1-24-17-12-16(4-5-18(17)30-21(24)29)20(28)26-8-2-3-15(13-26)11-19(27)23-7-10-25-9-6-22-14-25/h4-6,9,12,14-15H,2-3,7-8,10-11,13H2,1H3,(H,23,27). The van der Waals surface area contributed by atoms with E-state index >= 15 is 0 Å². The van der Waals surface area contributed by atoms with Crippen LogP contribution in [-0.2, 0) is 18.4 Å². The highest BCUT2D eigenvalue weighted by Gasteiger charge is 2.26. The number of hydrogen-bond donors (Lipinski definition) is 1. The van der Waals surface area contributed by atoms with Gasteiger partial charge < -0.3 is 19.2 Å². The fourth-order valence-corrected chi connectivity index (χ4v) is 3.94. The van der Waals surface area contributed by atoms with Gasteiger partial charge in [-0.3, -0.25) is 14.2 Å². The number of imidazole rings is 1. The fourth-order valence-electron chi connectivity index (χ4n) is 3.94. The number of nitrogens with one attached hydrogen (secondary N) is 1. The van der Waals surface area contributed by atoms with Crippen molar-refractivity contribution in [3.05, 3.63) is 53.0 Å². The van der Waals surface area contributed by atoms with Crippen LogP contribution in [0.15, 0.2) is 46.1 Å². The van der Waals surface area contributed by atoms with Gasteiger partial charge in [0.2, 0.25) is 5.91 Å². The summed E-state index contributed by atoms with van der Waals surface area (Å²) in [5, 5.41) is 2.94. The van der Waals surface area contributed by atoms with Crippen LogP contribution < -0.4 is 11.1 Å². The van der Waals surface area contributed by atoms with Crippen molar-refractivity contribution in [2.45, 2.75) is 25.8 Å². The number of aryl methyl sites for hydroxylation is 1. The van der Waals surface area contributed by atoms with Crippen LogP contribution in [0.4, 0.5) is 0 Å². The summed E-state index contributed by atoms with van der Waals surface area (Å²) in [5.74, 6) is -0.398. The number of amides is 2. The number of hydrogen-bond acceptors (Lipinski definition) is 5. The lowest BCUT2D eigenvalue weighted by atomic mass is 9.94. The number of aromatic nitrogens is 3. The Labute approximate surface area is 173 Å². The third-order valence-corrected chi connectivity index (χ3v) is 5.57. The Kier molecular flexibility index (Phi) is 5.69. The zero-order chi connectivity index (χ0) is 21.1. The van der Waals surface area contributed by atoms with E-state index < -0.39 is 5.76 Å². The topological polar surface area (TPSA) is 102 Å². The summed E-state index contributed by atoms with van der Waals surface area (Å²) in [6.45, 7) is 2.45. The number of carbonyl (C=O) groups is 2. The van der Waals surface area contributed by atoms with Crippen LogP contribution in [-0.4, -0.2) is 50.5 Å². The molecule has 1 aliphatic heterocycles. The van der Waals surface area contributed by atoms with Gasteiger partial charge in [-0.05, 0) is 37.0 Å². The van der Waals surface area contributed by atoms with E-state index in [-0.39, 0.29) is 17.7 Å². The zero-order valence-electron chi connectivity index (χ0n) is 16.9. The van der Waals surface area contributed by atoms with E-state index in [2.05, 4.69) is 10.3 Å². The highest BCUT2D eigenvalue weighted by atomic mass is 16.4. The summed E-state index contributed by atoms with van der Waals surface area (Å²) in [6.07, 6.45) is 7.48. The summed E-state index contributed by atoms with van der Waals surface area (Å²) in [4.78, 5) is 42.7. The lowest BCUT2D eigenvalue weighted by Crippen LogP contribution is -2.41. The van der Waals surface area contributed by atoms with Crippen molar-refractivity contribution in [1.82, 2.24) is 24.3 Å². The number of carbonyl (C=O) groups excluding carboxylic acids is 2. The van der Waals surface area contributed by atoms with Crippen molar-refractivity contribution in [1.29, 1.82) is 0 Å². The van der Waals surface area contributed by atoms with Crippen molar-refractivity contribution in [3.63, 3.8) is 0 Å². The Balaban J connectivity index is 1.34. The minimum atomic E-state index is -0.452. The van der Waals surface area contributed by atoms with Crippen molar-refractivity contribution in [2.75, 3.05) is 19.6 Å². The Morgan fingerprint density at radius 2 is 2.20 bits per heavy atom. The lowest BCUT2D eigenvalue weighted by molar-refractivity contribution is -0.122. The Hall–Kier alpha value is -3.36. The molecule has 4 rings (SSSR count). The quantitative estimate of drug-likeness (QED) is 0.660. The first-order chi connectivity index (χ1) is 14.5. The van der Waals surface area contributed by atoms with Gasteiger partial charge in [0, 0.05) is 57.6 Å². The van der Waals surface area contributed by atoms with Crippen molar-refractivity contribution in [2.24, 2.45) is 13.0 Å². The number of fused-ring (bicyclic) bond motifs is 1. The van der Waals surface area contributed by atoms with Crippen LogP contribution in [0.25, 0.3) is 11.1 Å². The molecule has 9 heteroatoms. The second kappa shape index (κ2) is 8.56. The zero-order valence-corrected chi connectivity index (χ0v) is 16.9. The SMILES string of the molecule is Cn1c(=O)oc2ccc(C(=O)N3CCCC(CC(=O)NCCn4ccnc4)C3)cc21. The molecule has 1 N–H and O–H groups in total. The van der Waals surface area contributed by atoms with Gasteiger partial charge in [0.25, 0.3) is 5.91 Å². The number of nitrogens with zero attached hydrogens (tertiary/aromatic N) is 4. The van der Waals surface area contributed by atoms with Crippen molar-refractivity contribution >= 4 is 22.9 Å². The molecule has 0 spiro atoms. The second-order valence-corrected chi connectivity index (χ2v) is 7.72. The average molecular weight is 411 g/mol. The van der Waals surface area contributed by atoms with E-state index in [1.807, 2.05) is 10.8 Å². The molecule has 0 bridgehead atoms. The van der Waals surface area contributed by atoms with Gasteiger partial charge in [0.15, 0.2) is 5.58 Å². The van der Waals surface area contributed by atoms with Gasteiger partial charge in [-0.15, -0.1) is 0 Å². The van der Waals surface area contributed by atoms with Crippen LogP contribution in [0.3, 0.4) is 0 Å². The molecule has 1 aliphatic rings. The maximum absolute atomic E-state index is 13.0. The van der Waals surface area contributed by atoms with Gasteiger partial charge in [0.05, 0.1) is 11.8 Å². The van der Waals surface area contributed by atoms with E-state index in [0.29, 0.717) is 49.3 Å². The van der Waals surface area contributed by atoms with Crippen molar-refractivity contribution in [3.8, 4) is 0 Å². The molecule has 9 nitrogen and oxygen atoms in total. The smallest absolute Gasteiger partial charge is 0.408 e. The highest BCUT2D eigenvalue weighted by Crippen LogP contribution is 2.22. The van der Waals surface area contributed by atoms with Gasteiger partial charge >= 0.3 is 5.76 Å². The van der Waals surface area contributed by atoms with Crippen molar-refractivity contribution < 1.29 is 14.0 Å². The van der Waals surface area contributed by atoms with E-state index in [1.54, 1.807) is 42.7 Å². The first-order valence-electron chi connectivity index (χ1n) is 10.1. The number of piperidine rings is 1. The molecule has 158 valence electrons. The third kappa shape index (κ3) is 4.29. The first kappa shape index (κ1) is 19.9. The normalized spacial score (nSPS) is 16.7. The fraction of sp³-hybridized carbons (Fsp3) is 0.429. The molecular weight excluding hydrogens is 386 g/mol. The van der Waals surface area contributed by atoms with Crippen LogP contribution >= 0.6 is 0 Å². The lowest BCUT2D eigenvalue weighted by Gasteiger charge is -2.32. The van der Waals surface area contributed by atoms with E-state index in [9.17, 15) is 14.4 Å². The molecule has 0 saturated carbocycles. The summed E-state index contributed by atoms with van der Waals surface area (Å²) >= 11 is 0. The predicted octanol–water partition coefficient (Wildman–Crippen LogP) is 1.39. The Morgan fingerprint density at radius 1 is 1.33 bits per heavy atom. The molecule has 1 saturated heterocycles. The molecule has 2 amide bonds. The minimum absolute atomic E-state index is 0.00392.